The van der Waals surface area contributed by atoms with Crippen molar-refractivity contribution in [1.82, 2.24) is 5.32 Å². The summed E-state index contributed by atoms with van der Waals surface area (Å²) >= 11 is 11.2. The molecule has 2 amide bonds. The van der Waals surface area contributed by atoms with E-state index < -0.39 is 11.8 Å². The number of carbonyl (C=O) groups is 2. The van der Waals surface area contributed by atoms with Crippen molar-refractivity contribution in [2.45, 2.75) is 26.4 Å². The topological polar surface area (TPSA) is 67.9 Å². The number of benzene rings is 3. The molecule has 0 unspecified atom stereocenters. The van der Waals surface area contributed by atoms with Gasteiger partial charge in [0.15, 0.2) is 5.11 Å². The second-order valence-electron chi connectivity index (χ2n) is 8.52. The minimum Gasteiger partial charge on any atom is -0.496 e. The maximum atomic E-state index is 13.3. The standard InChI is InChI=1S/C28H25ClN2O4S/c1-17(2)19-5-11-23(12-6-19)35-16-20-14-18(4-13-25(20)34-3)15-24-26(32)30-28(36)31(27(24)33)22-9-7-21(29)8-10-22/h4-15,17H,16H2,1-3H3,(H,30,32,36). The Morgan fingerprint density at radius 2 is 1.72 bits per heavy atom. The first-order chi connectivity index (χ1) is 17.3. The van der Waals surface area contributed by atoms with Crippen molar-refractivity contribution in [2.24, 2.45) is 0 Å². The van der Waals surface area contributed by atoms with Gasteiger partial charge in [-0.15, -0.1) is 0 Å². The number of ether oxygens (including phenoxy) is 2. The summed E-state index contributed by atoms with van der Waals surface area (Å²) in [7, 11) is 1.58. The lowest BCUT2D eigenvalue weighted by Gasteiger charge is -2.29. The monoisotopic (exact) mass is 520 g/mol. The van der Waals surface area contributed by atoms with Gasteiger partial charge in [0, 0.05) is 10.6 Å². The smallest absolute Gasteiger partial charge is 0.270 e. The lowest BCUT2D eigenvalue weighted by atomic mass is 10.0. The third kappa shape index (κ3) is 5.58. The van der Waals surface area contributed by atoms with Gasteiger partial charge in [-0.2, -0.15) is 0 Å². The van der Waals surface area contributed by atoms with Crippen LogP contribution in [0.3, 0.4) is 0 Å². The molecule has 1 fully saturated rings. The van der Waals surface area contributed by atoms with E-state index in [1.54, 1.807) is 43.5 Å². The van der Waals surface area contributed by atoms with E-state index in [1.165, 1.54) is 16.5 Å². The van der Waals surface area contributed by atoms with Gasteiger partial charge in [-0.3, -0.25) is 19.8 Å². The van der Waals surface area contributed by atoms with Gasteiger partial charge in [-0.05, 0) is 83.9 Å². The third-order valence-electron chi connectivity index (χ3n) is 5.74. The van der Waals surface area contributed by atoms with Crippen molar-refractivity contribution in [3.05, 3.63) is 94.0 Å². The van der Waals surface area contributed by atoms with Crippen LogP contribution in [0.15, 0.2) is 72.3 Å². The van der Waals surface area contributed by atoms with Gasteiger partial charge >= 0.3 is 0 Å². The van der Waals surface area contributed by atoms with E-state index in [4.69, 9.17) is 33.3 Å². The molecule has 0 saturated carbocycles. The zero-order valence-electron chi connectivity index (χ0n) is 20.1. The van der Waals surface area contributed by atoms with Crippen LogP contribution in [-0.2, 0) is 16.2 Å². The number of halogens is 1. The van der Waals surface area contributed by atoms with Crippen LogP contribution in [0.1, 0.15) is 36.5 Å². The van der Waals surface area contributed by atoms with Gasteiger partial charge in [0.25, 0.3) is 11.8 Å². The normalized spacial score (nSPS) is 14.9. The molecule has 1 N–H and O–H groups in total. The molecule has 4 rings (SSSR count). The summed E-state index contributed by atoms with van der Waals surface area (Å²) in [6.07, 6.45) is 1.53. The summed E-state index contributed by atoms with van der Waals surface area (Å²) in [4.78, 5) is 27.2. The fourth-order valence-corrected chi connectivity index (χ4v) is 4.17. The number of hydrogen-bond donors (Lipinski definition) is 1. The van der Waals surface area contributed by atoms with Crippen LogP contribution in [0.4, 0.5) is 5.69 Å². The minimum absolute atomic E-state index is 0.0109. The van der Waals surface area contributed by atoms with E-state index in [9.17, 15) is 9.59 Å². The fraction of sp³-hybridized carbons (Fsp3) is 0.179. The molecule has 0 aliphatic carbocycles. The van der Waals surface area contributed by atoms with Crippen molar-refractivity contribution >= 4 is 52.5 Å². The number of amides is 2. The van der Waals surface area contributed by atoms with Gasteiger partial charge in [-0.1, -0.05) is 43.6 Å². The summed E-state index contributed by atoms with van der Waals surface area (Å²) in [6.45, 7) is 4.53. The van der Waals surface area contributed by atoms with Gasteiger partial charge in [-0.25, -0.2) is 0 Å². The molecule has 0 aromatic heterocycles. The highest BCUT2D eigenvalue weighted by atomic mass is 35.5. The molecule has 0 radical (unpaired) electrons. The Morgan fingerprint density at radius 3 is 2.36 bits per heavy atom. The van der Waals surface area contributed by atoms with E-state index >= 15 is 0 Å². The third-order valence-corrected chi connectivity index (χ3v) is 6.28. The second-order valence-corrected chi connectivity index (χ2v) is 9.34. The van der Waals surface area contributed by atoms with Gasteiger partial charge in [0.05, 0.1) is 12.8 Å². The Labute approximate surface area is 220 Å². The summed E-state index contributed by atoms with van der Waals surface area (Å²) in [5.74, 6) is 0.728. The molecule has 0 atom stereocenters. The molecule has 1 heterocycles. The van der Waals surface area contributed by atoms with Crippen molar-refractivity contribution in [3.63, 3.8) is 0 Å². The number of nitrogens with one attached hydrogen (secondary N) is 1. The van der Waals surface area contributed by atoms with E-state index in [0.717, 1.165) is 11.3 Å². The zero-order chi connectivity index (χ0) is 25.8. The van der Waals surface area contributed by atoms with Crippen molar-refractivity contribution in [2.75, 3.05) is 12.0 Å². The Bertz CT molecular complexity index is 1330. The summed E-state index contributed by atoms with van der Waals surface area (Å²) in [5, 5.41) is 3.12. The Morgan fingerprint density at radius 1 is 1.03 bits per heavy atom. The van der Waals surface area contributed by atoms with Crippen LogP contribution in [0, 0.1) is 0 Å². The van der Waals surface area contributed by atoms with Crippen molar-refractivity contribution in [1.29, 1.82) is 0 Å². The molecular formula is C28H25ClN2O4S. The molecule has 3 aromatic carbocycles. The highest BCUT2D eigenvalue weighted by Gasteiger charge is 2.34. The second kappa shape index (κ2) is 10.9. The number of nitrogens with zero attached hydrogens (tertiary/aromatic N) is 1. The summed E-state index contributed by atoms with van der Waals surface area (Å²) < 4.78 is 11.5. The van der Waals surface area contributed by atoms with E-state index in [-0.39, 0.29) is 17.3 Å². The number of thiocarbonyl (C=S) groups is 1. The number of carbonyl (C=O) groups excluding carboxylic acids is 2. The molecule has 1 aliphatic rings. The SMILES string of the molecule is COc1ccc(C=C2C(=O)NC(=S)N(c3ccc(Cl)cc3)C2=O)cc1COc1ccc(C(C)C)cc1. The molecule has 184 valence electrons. The van der Waals surface area contributed by atoms with Gasteiger partial charge in [0.1, 0.15) is 23.7 Å². The summed E-state index contributed by atoms with van der Waals surface area (Å²) in [6, 6.07) is 20.0. The first kappa shape index (κ1) is 25.4. The van der Waals surface area contributed by atoms with E-state index in [2.05, 4.69) is 19.2 Å². The molecule has 1 aliphatic heterocycles. The predicted octanol–water partition coefficient (Wildman–Crippen LogP) is 5.88. The highest BCUT2D eigenvalue weighted by molar-refractivity contribution is 7.80. The molecule has 0 bridgehead atoms. The molecule has 6 nitrogen and oxygen atoms in total. The Kier molecular flexibility index (Phi) is 7.72. The lowest BCUT2D eigenvalue weighted by molar-refractivity contribution is -0.122. The van der Waals surface area contributed by atoms with E-state index in [0.29, 0.717) is 27.9 Å². The van der Waals surface area contributed by atoms with Crippen LogP contribution >= 0.6 is 23.8 Å². The largest absolute Gasteiger partial charge is 0.496 e. The van der Waals surface area contributed by atoms with E-state index in [1.807, 2.05) is 30.3 Å². The van der Waals surface area contributed by atoms with Crippen LogP contribution in [0.2, 0.25) is 5.02 Å². The maximum Gasteiger partial charge on any atom is 0.270 e. The van der Waals surface area contributed by atoms with Crippen molar-refractivity contribution in [3.8, 4) is 11.5 Å². The van der Waals surface area contributed by atoms with Gasteiger partial charge in [0.2, 0.25) is 0 Å². The Balaban J connectivity index is 1.59. The first-order valence-electron chi connectivity index (χ1n) is 11.3. The average Bonchev–Trinajstić information content (AvgIpc) is 2.86. The number of anilines is 1. The number of rotatable bonds is 7. The molecule has 3 aromatic rings. The number of methoxy groups -OCH3 is 1. The molecule has 0 spiro atoms. The summed E-state index contributed by atoms with van der Waals surface area (Å²) in [5.41, 5.74) is 3.11. The predicted molar refractivity (Wildman–Crippen MR) is 146 cm³/mol. The minimum atomic E-state index is -0.561. The Hall–Kier alpha value is -3.68. The molecule has 1 saturated heterocycles. The lowest BCUT2D eigenvalue weighted by Crippen LogP contribution is -2.54. The molecule has 36 heavy (non-hydrogen) atoms. The molecular weight excluding hydrogens is 496 g/mol. The number of hydrogen-bond acceptors (Lipinski definition) is 5. The first-order valence-corrected chi connectivity index (χ1v) is 12.1. The van der Waals surface area contributed by atoms with Crippen LogP contribution in [0.5, 0.6) is 11.5 Å². The van der Waals surface area contributed by atoms with Crippen LogP contribution in [0.25, 0.3) is 6.08 Å². The van der Waals surface area contributed by atoms with Gasteiger partial charge < -0.3 is 9.47 Å². The fourth-order valence-electron chi connectivity index (χ4n) is 3.76. The van der Waals surface area contributed by atoms with Crippen molar-refractivity contribution < 1.29 is 19.1 Å². The highest BCUT2D eigenvalue weighted by Crippen LogP contribution is 2.27. The zero-order valence-corrected chi connectivity index (χ0v) is 21.7. The average molecular weight is 521 g/mol. The van der Waals surface area contributed by atoms with Crippen LogP contribution < -0.4 is 19.7 Å². The quantitative estimate of drug-likeness (QED) is 0.239. The van der Waals surface area contributed by atoms with Crippen LogP contribution in [-0.4, -0.2) is 24.0 Å². The molecule has 8 heteroatoms. The maximum absolute atomic E-state index is 13.3.